The van der Waals surface area contributed by atoms with Crippen molar-refractivity contribution in [2.75, 3.05) is 20.7 Å². The van der Waals surface area contributed by atoms with E-state index in [0.717, 1.165) is 12.3 Å². The predicted molar refractivity (Wildman–Crippen MR) is 71.8 cm³/mol. The third-order valence-electron chi connectivity index (χ3n) is 3.81. The largest absolute Gasteiger partial charge is 0.496 e. The summed E-state index contributed by atoms with van der Waals surface area (Å²) in [4.78, 5) is 0. The van der Waals surface area contributed by atoms with Gasteiger partial charge in [0.2, 0.25) is 0 Å². The Morgan fingerprint density at radius 1 is 1.24 bits per heavy atom. The Morgan fingerprint density at radius 3 is 2.24 bits per heavy atom. The van der Waals surface area contributed by atoms with Crippen molar-refractivity contribution in [3.8, 4) is 5.75 Å². The molecular formula is C15H23NO. The molecule has 0 saturated heterocycles. The number of methoxy groups -OCH3 is 1. The minimum absolute atomic E-state index is 0.530. The van der Waals surface area contributed by atoms with Crippen LogP contribution in [0.5, 0.6) is 5.75 Å². The summed E-state index contributed by atoms with van der Waals surface area (Å²) in [5.74, 6) is 1.03. The lowest BCUT2D eigenvalue weighted by molar-refractivity contribution is 0.408. The quantitative estimate of drug-likeness (QED) is 0.844. The maximum Gasteiger partial charge on any atom is 0.124 e. The molecular weight excluding hydrogens is 210 g/mol. The fourth-order valence-electron chi connectivity index (χ4n) is 2.86. The summed E-state index contributed by atoms with van der Waals surface area (Å²) in [6.45, 7) is 5.40. The minimum atomic E-state index is 0.530. The van der Waals surface area contributed by atoms with Gasteiger partial charge in [0.05, 0.1) is 7.11 Å². The summed E-state index contributed by atoms with van der Waals surface area (Å²) in [7, 11) is 3.79. The first kappa shape index (κ1) is 12.4. The zero-order chi connectivity index (χ0) is 12.5. The van der Waals surface area contributed by atoms with Crippen molar-refractivity contribution >= 4 is 0 Å². The van der Waals surface area contributed by atoms with Crippen LogP contribution in [0.3, 0.4) is 0 Å². The van der Waals surface area contributed by atoms with E-state index in [2.05, 4.69) is 31.3 Å². The van der Waals surface area contributed by atoms with Crippen LogP contribution in [-0.4, -0.2) is 20.7 Å². The summed E-state index contributed by atoms with van der Waals surface area (Å²) >= 11 is 0. The van der Waals surface area contributed by atoms with Gasteiger partial charge in [-0.3, -0.25) is 0 Å². The third kappa shape index (κ3) is 2.63. The van der Waals surface area contributed by atoms with Gasteiger partial charge in [0.25, 0.3) is 0 Å². The zero-order valence-electron chi connectivity index (χ0n) is 11.4. The van der Waals surface area contributed by atoms with E-state index in [0.29, 0.717) is 5.41 Å². The van der Waals surface area contributed by atoms with Crippen LogP contribution in [0.25, 0.3) is 0 Å². The standard InChI is InChI=1S/C15H23NO/c1-11-7-13(8-12(2)14(11)17-4)9-15(5-6-15)10-16-3/h7-8,16H,5-6,9-10H2,1-4H3. The predicted octanol–water partition coefficient (Wildman–Crippen LogP) is 2.85. The van der Waals surface area contributed by atoms with E-state index in [1.54, 1.807) is 7.11 Å². The lowest BCUT2D eigenvalue weighted by Crippen LogP contribution is -2.22. The van der Waals surface area contributed by atoms with Crippen molar-refractivity contribution in [3.63, 3.8) is 0 Å². The highest BCUT2D eigenvalue weighted by atomic mass is 16.5. The fraction of sp³-hybridized carbons (Fsp3) is 0.600. The van der Waals surface area contributed by atoms with Crippen molar-refractivity contribution in [3.05, 3.63) is 28.8 Å². The van der Waals surface area contributed by atoms with Crippen LogP contribution in [0, 0.1) is 19.3 Å². The van der Waals surface area contributed by atoms with Gasteiger partial charge in [0.1, 0.15) is 5.75 Å². The van der Waals surface area contributed by atoms with Gasteiger partial charge in [-0.2, -0.15) is 0 Å². The Kier molecular flexibility index (Phi) is 3.43. The van der Waals surface area contributed by atoms with Crippen molar-refractivity contribution < 1.29 is 4.74 Å². The molecule has 1 aliphatic carbocycles. The smallest absolute Gasteiger partial charge is 0.124 e. The first-order chi connectivity index (χ1) is 8.10. The molecule has 0 amide bonds. The van der Waals surface area contributed by atoms with Crippen LogP contribution in [0.1, 0.15) is 29.5 Å². The van der Waals surface area contributed by atoms with Gasteiger partial charge in [-0.1, -0.05) is 12.1 Å². The van der Waals surface area contributed by atoms with E-state index in [4.69, 9.17) is 4.74 Å². The second kappa shape index (κ2) is 4.69. The molecule has 1 N–H and O–H groups in total. The number of rotatable bonds is 5. The van der Waals surface area contributed by atoms with E-state index in [-0.39, 0.29) is 0 Å². The summed E-state index contributed by atoms with van der Waals surface area (Å²) in [5.41, 5.74) is 4.49. The molecule has 1 saturated carbocycles. The topological polar surface area (TPSA) is 21.3 Å². The number of benzene rings is 1. The van der Waals surface area contributed by atoms with Gasteiger partial charge in [0, 0.05) is 6.54 Å². The van der Waals surface area contributed by atoms with Crippen molar-refractivity contribution in [2.24, 2.45) is 5.41 Å². The lowest BCUT2D eigenvalue weighted by atomic mass is 9.94. The lowest BCUT2D eigenvalue weighted by Gasteiger charge is -2.17. The molecule has 0 aliphatic heterocycles. The Hall–Kier alpha value is -1.02. The van der Waals surface area contributed by atoms with Crippen LogP contribution in [-0.2, 0) is 6.42 Å². The first-order valence-corrected chi connectivity index (χ1v) is 6.39. The molecule has 2 heteroatoms. The number of aryl methyl sites for hydroxylation is 2. The maximum absolute atomic E-state index is 5.41. The molecule has 0 radical (unpaired) electrons. The van der Waals surface area contributed by atoms with Crippen molar-refractivity contribution in [2.45, 2.75) is 33.1 Å². The highest BCUT2D eigenvalue weighted by Gasteiger charge is 2.41. The summed E-state index contributed by atoms with van der Waals surface area (Å²) in [5, 5.41) is 3.32. The van der Waals surface area contributed by atoms with Crippen LogP contribution < -0.4 is 10.1 Å². The SMILES string of the molecule is CNCC1(Cc2cc(C)c(OC)c(C)c2)CC1. The first-order valence-electron chi connectivity index (χ1n) is 6.39. The maximum atomic E-state index is 5.41. The average Bonchev–Trinajstić information content (AvgIpc) is 2.98. The molecule has 94 valence electrons. The van der Waals surface area contributed by atoms with Crippen LogP contribution in [0.15, 0.2) is 12.1 Å². The van der Waals surface area contributed by atoms with Gasteiger partial charge in [0.15, 0.2) is 0 Å². The molecule has 1 aliphatic rings. The molecule has 2 nitrogen and oxygen atoms in total. The van der Waals surface area contributed by atoms with E-state index >= 15 is 0 Å². The molecule has 1 aromatic rings. The average molecular weight is 233 g/mol. The number of nitrogens with one attached hydrogen (secondary N) is 1. The highest BCUT2D eigenvalue weighted by molar-refractivity contribution is 5.43. The molecule has 0 atom stereocenters. The molecule has 2 rings (SSSR count). The van der Waals surface area contributed by atoms with E-state index in [9.17, 15) is 0 Å². The summed E-state index contributed by atoms with van der Waals surface area (Å²) < 4.78 is 5.41. The van der Waals surface area contributed by atoms with Crippen LogP contribution in [0.2, 0.25) is 0 Å². The number of hydrogen-bond donors (Lipinski definition) is 1. The minimum Gasteiger partial charge on any atom is -0.496 e. The van der Waals surface area contributed by atoms with Gasteiger partial charge < -0.3 is 10.1 Å². The third-order valence-corrected chi connectivity index (χ3v) is 3.81. The molecule has 0 unspecified atom stereocenters. The van der Waals surface area contributed by atoms with Gasteiger partial charge in [-0.15, -0.1) is 0 Å². The van der Waals surface area contributed by atoms with Gasteiger partial charge >= 0.3 is 0 Å². The van der Waals surface area contributed by atoms with Crippen LogP contribution in [0.4, 0.5) is 0 Å². The van der Waals surface area contributed by atoms with Gasteiger partial charge in [-0.05, 0) is 62.3 Å². The second-order valence-electron chi connectivity index (χ2n) is 5.47. The summed E-state index contributed by atoms with van der Waals surface area (Å²) in [6.07, 6.45) is 3.91. The van der Waals surface area contributed by atoms with E-state index in [1.165, 1.54) is 36.0 Å². The monoisotopic (exact) mass is 233 g/mol. The Bertz CT molecular complexity index is 384. The molecule has 0 aromatic heterocycles. The van der Waals surface area contributed by atoms with Crippen molar-refractivity contribution in [1.29, 1.82) is 0 Å². The normalized spacial score (nSPS) is 16.9. The zero-order valence-corrected chi connectivity index (χ0v) is 11.4. The van der Waals surface area contributed by atoms with E-state index < -0.39 is 0 Å². The molecule has 0 heterocycles. The molecule has 1 aromatic carbocycles. The molecule has 1 fully saturated rings. The Morgan fingerprint density at radius 2 is 1.82 bits per heavy atom. The van der Waals surface area contributed by atoms with Gasteiger partial charge in [-0.25, -0.2) is 0 Å². The molecule has 0 bridgehead atoms. The van der Waals surface area contributed by atoms with Crippen LogP contribution >= 0.6 is 0 Å². The second-order valence-corrected chi connectivity index (χ2v) is 5.47. The Labute approximate surface area is 104 Å². The molecule has 17 heavy (non-hydrogen) atoms. The Balaban J connectivity index is 2.17. The fourth-order valence-corrected chi connectivity index (χ4v) is 2.86. The number of hydrogen-bond acceptors (Lipinski definition) is 2. The van der Waals surface area contributed by atoms with Crippen molar-refractivity contribution in [1.82, 2.24) is 5.32 Å². The van der Waals surface area contributed by atoms with E-state index in [1.807, 2.05) is 7.05 Å². The number of ether oxygens (including phenoxy) is 1. The summed E-state index contributed by atoms with van der Waals surface area (Å²) in [6, 6.07) is 4.56. The highest BCUT2D eigenvalue weighted by Crippen LogP contribution is 2.48. The molecule has 0 spiro atoms.